The van der Waals surface area contributed by atoms with Gasteiger partial charge < -0.3 is 15.6 Å². The third-order valence-electron chi connectivity index (χ3n) is 4.13. The van der Waals surface area contributed by atoms with E-state index in [9.17, 15) is 22.8 Å². The van der Waals surface area contributed by atoms with Crippen molar-refractivity contribution in [1.82, 2.24) is 10.3 Å². The molecule has 0 aliphatic rings. The number of anilines is 1. The molecule has 0 fully saturated rings. The number of hydrogen-bond donors (Lipinski definition) is 3. The van der Waals surface area contributed by atoms with Gasteiger partial charge in [-0.15, -0.1) is 0 Å². The van der Waals surface area contributed by atoms with E-state index in [0.29, 0.717) is 5.56 Å². The first kappa shape index (κ1) is 19.0. The van der Waals surface area contributed by atoms with Gasteiger partial charge in [-0.1, -0.05) is 0 Å². The van der Waals surface area contributed by atoms with Crippen LogP contribution < -0.4 is 16.2 Å². The molecule has 6 nitrogen and oxygen atoms in total. The zero-order chi connectivity index (χ0) is 20.4. The zero-order valence-electron chi connectivity index (χ0n) is 14.4. The number of H-pyrrole nitrogens is 1. The van der Waals surface area contributed by atoms with E-state index in [2.05, 4.69) is 15.6 Å². The Hall–Kier alpha value is -3.80. The lowest BCUT2D eigenvalue weighted by molar-refractivity contribution is 0.249. The molecule has 1 aromatic heterocycles. The first-order chi connectivity index (χ1) is 13.3. The van der Waals surface area contributed by atoms with Gasteiger partial charge in [0.05, 0.1) is 17.0 Å². The van der Waals surface area contributed by atoms with Crippen molar-refractivity contribution in [1.29, 1.82) is 5.26 Å². The summed E-state index contributed by atoms with van der Waals surface area (Å²) in [5.41, 5.74) is -0.262. The minimum Gasteiger partial charge on any atom is -0.331 e. The number of amides is 2. The standard InChI is InChI=1S/C19H13F3N4O2/c1-9(25-19(28)26-11-2-3-15(20)10(4-11)7-23)14-8-24-18(27)13-6-17(22)16(21)5-12(13)14/h2-6,8-9H,1H3,(H,24,27)(H2,25,26,28)/t9-/m0/s1. The highest BCUT2D eigenvalue weighted by Gasteiger charge is 2.17. The van der Waals surface area contributed by atoms with Gasteiger partial charge in [0.1, 0.15) is 11.9 Å². The molecule has 0 aliphatic carbocycles. The molecule has 3 aromatic rings. The summed E-state index contributed by atoms with van der Waals surface area (Å²) in [6.07, 6.45) is 1.30. The molecule has 9 heteroatoms. The first-order valence-electron chi connectivity index (χ1n) is 8.07. The number of hydrogen-bond acceptors (Lipinski definition) is 3. The van der Waals surface area contributed by atoms with Crippen LogP contribution in [0.25, 0.3) is 10.8 Å². The molecule has 0 bridgehead atoms. The van der Waals surface area contributed by atoms with Crippen molar-refractivity contribution < 1.29 is 18.0 Å². The van der Waals surface area contributed by atoms with Crippen LogP contribution in [0.15, 0.2) is 41.3 Å². The van der Waals surface area contributed by atoms with Gasteiger partial charge in [-0.25, -0.2) is 18.0 Å². The molecule has 0 saturated carbocycles. The molecular weight excluding hydrogens is 373 g/mol. The Balaban J connectivity index is 1.85. The molecule has 28 heavy (non-hydrogen) atoms. The summed E-state index contributed by atoms with van der Waals surface area (Å²) >= 11 is 0. The van der Waals surface area contributed by atoms with Crippen LogP contribution in [0.2, 0.25) is 0 Å². The number of carbonyl (C=O) groups is 1. The summed E-state index contributed by atoms with van der Waals surface area (Å²) in [7, 11) is 0. The van der Waals surface area contributed by atoms with Crippen molar-refractivity contribution in [2.24, 2.45) is 0 Å². The lowest BCUT2D eigenvalue weighted by Gasteiger charge is -2.17. The number of urea groups is 1. The van der Waals surface area contributed by atoms with Crippen LogP contribution in [0.5, 0.6) is 0 Å². The van der Waals surface area contributed by atoms with Crippen molar-refractivity contribution in [3.05, 3.63) is 75.5 Å². The van der Waals surface area contributed by atoms with E-state index in [4.69, 9.17) is 5.26 Å². The maximum absolute atomic E-state index is 13.6. The number of nitrogens with one attached hydrogen (secondary N) is 3. The summed E-state index contributed by atoms with van der Waals surface area (Å²) in [5.74, 6) is -2.99. The Labute approximate surface area is 156 Å². The number of halogens is 3. The summed E-state index contributed by atoms with van der Waals surface area (Å²) in [5, 5.41) is 14.0. The Morgan fingerprint density at radius 3 is 2.46 bits per heavy atom. The molecule has 0 aliphatic heterocycles. The summed E-state index contributed by atoms with van der Waals surface area (Å²) < 4.78 is 40.4. The Bertz CT molecular complexity index is 1180. The van der Waals surface area contributed by atoms with E-state index >= 15 is 0 Å². The van der Waals surface area contributed by atoms with Crippen molar-refractivity contribution in [2.45, 2.75) is 13.0 Å². The average molecular weight is 386 g/mol. The number of benzene rings is 2. The van der Waals surface area contributed by atoms with Gasteiger partial charge in [0, 0.05) is 11.9 Å². The van der Waals surface area contributed by atoms with Crippen LogP contribution in [-0.2, 0) is 0 Å². The zero-order valence-corrected chi connectivity index (χ0v) is 14.4. The van der Waals surface area contributed by atoms with Gasteiger partial charge in [0.2, 0.25) is 0 Å². The second kappa shape index (κ2) is 7.44. The second-order valence-corrected chi connectivity index (χ2v) is 6.01. The maximum Gasteiger partial charge on any atom is 0.319 e. The van der Waals surface area contributed by atoms with Crippen molar-refractivity contribution in [3.8, 4) is 6.07 Å². The number of nitrogens with zero attached hydrogens (tertiary/aromatic N) is 1. The topological polar surface area (TPSA) is 97.8 Å². The quantitative estimate of drug-likeness (QED) is 0.640. The molecule has 0 spiro atoms. The molecule has 1 atom stereocenters. The second-order valence-electron chi connectivity index (χ2n) is 6.01. The van der Waals surface area contributed by atoms with E-state index < -0.39 is 35.1 Å². The van der Waals surface area contributed by atoms with Gasteiger partial charge in [0.25, 0.3) is 5.56 Å². The number of aromatic nitrogens is 1. The molecule has 0 unspecified atom stereocenters. The van der Waals surface area contributed by atoms with Gasteiger partial charge >= 0.3 is 6.03 Å². The first-order valence-corrected chi connectivity index (χ1v) is 8.07. The van der Waals surface area contributed by atoms with E-state index in [0.717, 1.165) is 18.2 Å². The van der Waals surface area contributed by atoms with Crippen molar-refractivity contribution in [3.63, 3.8) is 0 Å². The predicted molar refractivity (Wildman–Crippen MR) is 96.2 cm³/mol. The molecule has 0 radical (unpaired) electrons. The highest BCUT2D eigenvalue weighted by Crippen LogP contribution is 2.24. The average Bonchev–Trinajstić information content (AvgIpc) is 2.65. The molecule has 3 N–H and O–H groups in total. The Morgan fingerprint density at radius 1 is 1.11 bits per heavy atom. The minimum atomic E-state index is -1.15. The SMILES string of the molecule is C[C@H](NC(=O)Nc1ccc(F)c(C#N)c1)c1c[nH]c(=O)c2cc(F)c(F)cc12. The highest BCUT2D eigenvalue weighted by molar-refractivity contribution is 5.91. The molecule has 2 aromatic carbocycles. The van der Waals surface area contributed by atoms with Crippen molar-refractivity contribution in [2.75, 3.05) is 5.32 Å². The van der Waals surface area contributed by atoms with Crippen LogP contribution in [0.1, 0.15) is 24.1 Å². The Morgan fingerprint density at radius 2 is 1.79 bits per heavy atom. The van der Waals surface area contributed by atoms with Crippen LogP contribution in [0.3, 0.4) is 0 Å². The molecule has 3 rings (SSSR count). The van der Waals surface area contributed by atoms with Gasteiger partial charge in [0.15, 0.2) is 11.6 Å². The van der Waals surface area contributed by atoms with Crippen LogP contribution in [0.4, 0.5) is 23.7 Å². The summed E-state index contributed by atoms with van der Waals surface area (Å²) in [4.78, 5) is 26.5. The number of aromatic amines is 1. The normalized spacial score (nSPS) is 11.7. The number of nitriles is 1. The maximum atomic E-state index is 13.6. The fourth-order valence-electron chi connectivity index (χ4n) is 2.76. The van der Waals surface area contributed by atoms with E-state index in [-0.39, 0.29) is 22.0 Å². The Kier molecular flexibility index (Phi) is 5.04. The minimum absolute atomic E-state index is 0.0531. The largest absolute Gasteiger partial charge is 0.331 e. The fourth-order valence-corrected chi connectivity index (χ4v) is 2.76. The van der Waals surface area contributed by atoms with Gasteiger partial charge in [-0.3, -0.25) is 4.79 Å². The third kappa shape index (κ3) is 3.66. The van der Waals surface area contributed by atoms with Gasteiger partial charge in [-0.2, -0.15) is 5.26 Å². The van der Waals surface area contributed by atoms with Crippen LogP contribution >= 0.6 is 0 Å². The predicted octanol–water partition coefficient (Wildman–Crippen LogP) is 3.70. The lowest BCUT2D eigenvalue weighted by atomic mass is 10.0. The van der Waals surface area contributed by atoms with E-state index in [1.54, 1.807) is 13.0 Å². The third-order valence-corrected chi connectivity index (χ3v) is 4.13. The molecular formula is C19H13F3N4O2. The van der Waals surface area contributed by atoms with E-state index in [1.807, 2.05) is 0 Å². The smallest absolute Gasteiger partial charge is 0.319 e. The summed E-state index contributed by atoms with van der Waals surface area (Å²) in [6.45, 7) is 1.58. The van der Waals surface area contributed by atoms with Crippen LogP contribution in [0, 0.1) is 28.8 Å². The monoisotopic (exact) mass is 386 g/mol. The number of carbonyl (C=O) groups excluding carboxylic acids is 1. The fraction of sp³-hybridized carbons (Fsp3) is 0.105. The highest BCUT2D eigenvalue weighted by atomic mass is 19.2. The molecule has 0 saturated heterocycles. The molecule has 1 heterocycles. The summed E-state index contributed by atoms with van der Waals surface area (Å²) in [6, 6.07) is 5.49. The van der Waals surface area contributed by atoms with Crippen LogP contribution in [-0.4, -0.2) is 11.0 Å². The van der Waals surface area contributed by atoms with E-state index in [1.165, 1.54) is 18.3 Å². The number of pyridine rings is 1. The lowest BCUT2D eigenvalue weighted by Crippen LogP contribution is -2.31. The number of fused-ring (bicyclic) bond motifs is 1. The number of rotatable bonds is 3. The molecule has 142 valence electrons. The van der Waals surface area contributed by atoms with Gasteiger partial charge in [-0.05, 0) is 48.2 Å². The van der Waals surface area contributed by atoms with Crippen molar-refractivity contribution >= 4 is 22.5 Å². The molecule has 2 amide bonds.